The molecule has 0 radical (unpaired) electrons. The molecule has 0 N–H and O–H groups in total. The lowest BCUT2D eigenvalue weighted by atomic mass is 10.2. The van der Waals surface area contributed by atoms with Gasteiger partial charge in [0.05, 0.1) is 0 Å². The van der Waals surface area contributed by atoms with Crippen molar-refractivity contribution >= 4 is 5.97 Å². The quantitative estimate of drug-likeness (QED) is 0.593. The van der Waals surface area contributed by atoms with Gasteiger partial charge in [-0.25, -0.2) is 0 Å². The number of ether oxygens (including phenoxy) is 1. The molecule has 0 aromatic heterocycles. The minimum atomic E-state index is -0.932. The first-order valence-corrected chi connectivity index (χ1v) is 4.96. The Balaban J connectivity index is 0. The van der Waals surface area contributed by atoms with E-state index >= 15 is 0 Å². The molecule has 0 heterocycles. The van der Waals surface area contributed by atoms with Crippen LogP contribution in [0.15, 0.2) is 0 Å². The van der Waals surface area contributed by atoms with E-state index in [1.807, 2.05) is 20.8 Å². The molecule has 3 nitrogen and oxygen atoms in total. The smallest absolute Gasteiger partial charge is 0.0437 e. The van der Waals surface area contributed by atoms with Gasteiger partial charge in [0.15, 0.2) is 0 Å². The molecule has 0 fully saturated rings. The Labute approximate surface area is 81.1 Å². The van der Waals surface area contributed by atoms with E-state index in [2.05, 4.69) is 0 Å². The van der Waals surface area contributed by atoms with Crippen LogP contribution >= 0.6 is 0 Å². The molecule has 0 aliphatic carbocycles. The monoisotopic (exact) mass is 189 g/mol. The van der Waals surface area contributed by atoms with E-state index < -0.39 is 5.97 Å². The van der Waals surface area contributed by atoms with Gasteiger partial charge >= 0.3 is 0 Å². The summed E-state index contributed by atoms with van der Waals surface area (Å²) in [6, 6.07) is 0. The van der Waals surface area contributed by atoms with Crippen LogP contribution < -0.4 is 5.11 Å². The van der Waals surface area contributed by atoms with Gasteiger partial charge in [-0.1, -0.05) is 19.8 Å². The Hall–Kier alpha value is -0.570. The highest BCUT2D eigenvalue weighted by molar-refractivity contribution is 5.63. The molecule has 3 heteroatoms. The predicted octanol–water partition coefficient (Wildman–Crippen LogP) is 1.36. The Morgan fingerprint density at radius 1 is 1.15 bits per heavy atom. The van der Waals surface area contributed by atoms with Crippen molar-refractivity contribution in [1.29, 1.82) is 0 Å². The highest BCUT2D eigenvalue weighted by atomic mass is 16.5. The lowest BCUT2D eigenvalue weighted by Gasteiger charge is -1.97. The topological polar surface area (TPSA) is 49.4 Å². The van der Waals surface area contributed by atoms with Crippen molar-refractivity contribution in [2.24, 2.45) is 0 Å². The predicted molar refractivity (Wildman–Crippen MR) is 51.3 cm³/mol. The Bertz CT molecular complexity index is 100. The van der Waals surface area contributed by atoms with E-state index in [0.717, 1.165) is 32.5 Å². The first kappa shape index (κ1) is 14.9. The van der Waals surface area contributed by atoms with E-state index in [-0.39, 0.29) is 6.42 Å². The number of hydrogen-bond acceptors (Lipinski definition) is 3. The van der Waals surface area contributed by atoms with Crippen LogP contribution in [0.1, 0.15) is 46.5 Å². The minimum Gasteiger partial charge on any atom is -0.550 e. The number of carbonyl (C=O) groups is 1. The Morgan fingerprint density at radius 3 is 1.92 bits per heavy atom. The van der Waals surface area contributed by atoms with Crippen molar-refractivity contribution < 1.29 is 14.6 Å². The summed E-state index contributed by atoms with van der Waals surface area (Å²) in [4.78, 5) is 9.76. The molecule has 13 heavy (non-hydrogen) atoms. The Morgan fingerprint density at radius 2 is 1.69 bits per heavy atom. The van der Waals surface area contributed by atoms with E-state index in [1.54, 1.807) is 0 Å². The van der Waals surface area contributed by atoms with Crippen molar-refractivity contribution in [1.82, 2.24) is 0 Å². The summed E-state index contributed by atoms with van der Waals surface area (Å²) in [5, 5.41) is 9.76. The van der Waals surface area contributed by atoms with Crippen LogP contribution in [0.4, 0.5) is 0 Å². The molecule has 0 unspecified atom stereocenters. The second-order valence-corrected chi connectivity index (χ2v) is 2.61. The highest BCUT2D eigenvalue weighted by Crippen LogP contribution is 1.96. The molecule has 0 rings (SSSR count). The van der Waals surface area contributed by atoms with Crippen LogP contribution in [0.3, 0.4) is 0 Å². The lowest BCUT2D eigenvalue weighted by molar-refractivity contribution is -0.305. The van der Waals surface area contributed by atoms with E-state index in [9.17, 15) is 9.90 Å². The number of unbranched alkanes of at least 4 members (excludes halogenated alkanes) is 2. The molecule has 0 amide bonds. The number of carboxylic acids is 1. The molecular weight excluding hydrogens is 168 g/mol. The SMILES string of the molecule is CCCCCC(=O)[O-].CCOCC. The van der Waals surface area contributed by atoms with Gasteiger partial charge in [-0.05, 0) is 26.7 Å². The number of carbonyl (C=O) groups excluding carboxylic acids is 1. The van der Waals surface area contributed by atoms with Crippen molar-refractivity contribution in [3.63, 3.8) is 0 Å². The molecule has 0 aliphatic rings. The van der Waals surface area contributed by atoms with Gasteiger partial charge in [-0.3, -0.25) is 0 Å². The van der Waals surface area contributed by atoms with E-state index in [4.69, 9.17) is 4.74 Å². The van der Waals surface area contributed by atoms with Crippen LogP contribution in [0.25, 0.3) is 0 Å². The maximum Gasteiger partial charge on any atom is 0.0437 e. The van der Waals surface area contributed by atoms with Crippen molar-refractivity contribution in [3.05, 3.63) is 0 Å². The van der Waals surface area contributed by atoms with Crippen LogP contribution in [0.5, 0.6) is 0 Å². The average molecular weight is 189 g/mol. The minimum absolute atomic E-state index is 0.216. The Kier molecular flexibility index (Phi) is 16.1. The first-order chi connectivity index (χ1) is 6.18. The molecule has 0 atom stereocenters. The van der Waals surface area contributed by atoms with Crippen molar-refractivity contribution in [2.75, 3.05) is 13.2 Å². The molecule has 0 bridgehead atoms. The largest absolute Gasteiger partial charge is 0.550 e. The molecule has 0 aliphatic heterocycles. The maximum absolute atomic E-state index is 9.76. The number of aliphatic carboxylic acids is 1. The molecule has 0 aromatic carbocycles. The summed E-state index contributed by atoms with van der Waals surface area (Å²) in [6.07, 6.45) is 3.04. The van der Waals surface area contributed by atoms with Crippen LogP contribution in [0, 0.1) is 0 Å². The van der Waals surface area contributed by atoms with Gasteiger partial charge in [0.2, 0.25) is 0 Å². The maximum atomic E-state index is 9.76. The fraction of sp³-hybridized carbons (Fsp3) is 0.900. The summed E-state index contributed by atoms with van der Waals surface area (Å²) in [5.41, 5.74) is 0. The third kappa shape index (κ3) is 24.6. The van der Waals surface area contributed by atoms with E-state index in [0.29, 0.717) is 0 Å². The zero-order valence-corrected chi connectivity index (χ0v) is 8.97. The van der Waals surface area contributed by atoms with Crippen molar-refractivity contribution in [2.45, 2.75) is 46.5 Å². The fourth-order valence-corrected chi connectivity index (χ4v) is 0.723. The third-order valence-corrected chi connectivity index (χ3v) is 1.39. The second kappa shape index (κ2) is 14.0. The highest BCUT2D eigenvalue weighted by Gasteiger charge is 1.84. The molecule has 0 saturated heterocycles. The van der Waals surface area contributed by atoms with Crippen LogP contribution in [0.2, 0.25) is 0 Å². The second-order valence-electron chi connectivity index (χ2n) is 2.61. The number of rotatable bonds is 6. The summed E-state index contributed by atoms with van der Waals surface area (Å²) < 4.78 is 4.83. The fourth-order valence-electron chi connectivity index (χ4n) is 0.723. The zero-order chi connectivity index (χ0) is 10.5. The van der Waals surface area contributed by atoms with Gasteiger partial charge in [-0.2, -0.15) is 0 Å². The van der Waals surface area contributed by atoms with Crippen LogP contribution in [-0.2, 0) is 9.53 Å². The first-order valence-electron chi connectivity index (χ1n) is 4.96. The normalized spacial score (nSPS) is 8.85. The zero-order valence-electron chi connectivity index (χ0n) is 8.97. The van der Waals surface area contributed by atoms with Crippen LogP contribution in [-0.4, -0.2) is 19.2 Å². The van der Waals surface area contributed by atoms with Gasteiger partial charge < -0.3 is 14.6 Å². The molecular formula is C10H21O3-. The van der Waals surface area contributed by atoms with Gasteiger partial charge in [0, 0.05) is 19.2 Å². The third-order valence-electron chi connectivity index (χ3n) is 1.39. The summed E-state index contributed by atoms with van der Waals surface area (Å²) in [6.45, 7) is 7.70. The summed E-state index contributed by atoms with van der Waals surface area (Å²) >= 11 is 0. The molecule has 0 spiro atoms. The molecule has 80 valence electrons. The standard InChI is InChI=1S/C6H12O2.C4H10O/c1-2-3-4-5-6(7)8;1-3-5-4-2/h2-5H2,1H3,(H,7,8);3-4H2,1-2H3/p-1. The van der Waals surface area contributed by atoms with E-state index in [1.165, 1.54) is 0 Å². The summed E-state index contributed by atoms with van der Waals surface area (Å²) in [5.74, 6) is -0.932. The van der Waals surface area contributed by atoms with Gasteiger partial charge in [0.25, 0.3) is 0 Å². The summed E-state index contributed by atoms with van der Waals surface area (Å²) in [7, 11) is 0. The average Bonchev–Trinajstić information content (AvgIpc) is 2.07. The number of carboxylic acid groups (broad SMARTS) is 1. The molecule has 0 aromatic rings. The van der Waals surface area contributed by atoms with Gasteiger partial charge in [-0.15, -0.1) is 0 Å². The lowest BCUT2D eigenvalue weighted by Crippen LogP contribution is -2.21. The van der Waals surface area contributed by atoms with Crippen molar-refractivity contribution in [3.8, 4) is 0 Å². The molecule has 0 saturated carbocycles. The number of hydrogen-bond donors (Lipinski definition) is 0. The van der Waals surface area contributed by atoms with Gasteiger partial charge in [0.1, 0.15) is 0 Å².